The van der Waals surface area contributed by atoms with Gasteiger partial charge in [0.2, 0.25) is 0 Å². The quantitative estimate of drug-likeness (QED) is 0.798. The SMILES string of the molecule is CC[C@](O)(C(=O)N[C@@H](COC)[C@@H]1CCCO1)c1cccc(Cl)c1. The molecule has 0 aliphatic carbocycles. The predicted molar refractivity (Wildman–Crippen MR) is 88.4 cm³/mol. The van der Waals surface area contributed by atoms with Gasteiger partial charge in [-0.05, 0) is 37.0 Å². The van der Waals surface area contributed by atoms with Gasteiger partial charge >= 0.3 is 0 Å². The van der Waals surface area contributed by atoms with Crippen LogP contribution in [0.25, 0.3) is 0 Å². The van der Waals surface area contributed by atoms with Crippen molar-refractivity contribution < 1.29 is 19.4 Å². The van der Waals surface area contributed by atoms with E-state index in [1.807, 2.05) is 0 Å². The van der Waals surface area contributed by atoms with Crippen molar-refractivity contribution in [2.45, 2.75) is 43.9 Å². The van der Waals surface area contributed by atoms with Crippen LogP contribution in [0.2, 0.25) is 5.02 Å². The van der Waals surface area contributed by atoms with E-state index in [-0.39, 0.29) is 18.6 Å². The maximum absolute atomic E-state index is 12.7. The highest BCUT2D eigenvalue weighted by Crippen LogP contribution is 2.28. The summed E-state index contributed by atoms with van der Waals surface area (Å²) in [4.78, 5) is 12.7. The molecular formula is C17H24ClNO4. The summed E-state index contributed by atoms with van der Waals surface area (Å²) in [6, 6.07) is 6.46. The number of carbonyl (C=O) groups is 1. The first-order valence-corrected chi connectivity index (χ1v) is 8.29. The fourth-order valence-corrected chi connectivity index (χ4v) is 3.06. The molecule has 1 amide bonds. The maximum atomic E-state index is 12.7. The Hall–Kier alpha value is -1.14. The van der Waals surface area contributed by atoms with Crippen LogP contribution in [0.4, 0.5) is 0 Å². The minimum absolute atomic E-state index is 0.0839. The van der Waals surface area contributed by atoms with Crippen molar-refractivity contribution >= 4 is 17.5 Å². The average Bonchev–Trinajstić information content (AvgIpc) is 3.08. The van der Waals surface area contributed by atoms with Crippen molar-refractivity contribution in [3.05, 3.63) is 34.9 Å². The molecule has 2 rings (SSSR count). The second kappa shape index (κ2) is 8.11. The first-order valence-electron chi connectivity index (χ1n) is 7.91. The molecule has 0 spiro atoms. The Bertz CT molecular complexity index is 533. The summed E-state index contributed by atoms with van der Waals surface area (Å²) < 4.78 is 10.8. The molecule has 6 heteroatoms. The number of carbonyl (C=O) groups excluding carboxylic acids is 1. The lowest BCUT2D eigenvalue weighted by atomic mass is 9.89. The second-order valence-electron chi connectivity index (χ2n) is 5.81. The Kier molecular flexibility index (Phi) is 6.41. The normalized spacial score (nSPS) is 21.7. The number of hydrogen-bond acceptors (Lipinski definition) is 4. The molecule has 0 aromatic heterocycles. The van der Waals surface area contributed by atoms with Crippen LogP contribution < -0.4 is 5.32 Å². The number of nitrogens with one attached hydrogen (secondary N) is 1. The third kappa shape index (κ3) is 4.23. The first-order chi connectivity index (χ1) is 11.0. The third-order valence-corrected chi connectivity index (χ3v) is 4.50. The minimum Gasteiger partial charge on any atom is -0.382 e. The average molecular weight is 342 g/mol. The molecule has 1 fully saturated rings. The Morgan fingerprint density at radius 2 is 2.39 bits per heavy atom. The zero-order valence-electron chi connectivity index (χ0n) is 13.5. The smallest absolute Gasteiger partial charge is 0.256 e. The van der Waals surface area contributed by atoms with E-state index in [2.05, 4.69) is 5.32 Å². The molecule has 1 saturated heterocycles. The molecule has 1 heterocycles. The van der Waals surface area contributed by atoms with E-state index in [1.165, 1.54) is 0 Å². The highest BCUT2D eigenvalue weighted by molar-refractivity contribution is 6.30. The molecule has 2 N–H and O–H groups in total. The first kappa shape index (κ1) is 18.2. The Morgan fingerprint density at radius 1 is 1.61 bits per heavy atom. The molecule has 23 heavy (non-hydrogen) atoms. The number of ether oxygens (including phenoxy) is 2. The number of rotatable bonds is 7. The number of amides is 1. The number of hydrogen-bond donors (Lipinski definition) is 2. The molecule has 0 radical (unpaired) electrons. The molecule has 0 bridgehead atoms. The Morgan fingerprint density at radius 3 is 2.96 bits per heavy atom. The fourth-order valence-electron chi connectivity index (χ4n) is 2.87. The van der Waals surface area contributed by atoms with Gasteiger partial charge in [-0.15, -0.1) is 0 Å². The molecule has 0 unspecified atom stereocenters. The van der Waals surface area contributed by atoms with Crippen LogP contribution in [0.5, 0.6) is 0 Å². The van der Waals surface area contributed by atoms with Crippen LogP contribution in [0.3, 0.4) is 0 Å². The monoisotopic (exact) mass is 341 g/mol. The van der Waals surface area contributed by atoms with Crippen LogP contribution in [0, 0.1) is 0 Å². The summed E-state index contributed by atoms with van der Waals surface area (Å²) in [6.45, 7) is 2.79. The summed E-state index contributed by atoms with van der Waals surface area (Å²) in [5.41, 5.74) is -1.15. The highest BCUT2D eigenvalue weighted by Gasteiger charge is 2.39. The molecule has 5 nitrogen and oxygen atoms in total. The van der Waals surface area contributed by atoms with Gasteiger partial charge in [0.15, 0.2) is 5.60 Å². The fraction of sp³-hybridized carbons (Fsp3) is 0.588. The van der Waals surface area contributed by atoms with E-state index in [4.69, 9.17) is 21.1 Å². The van der Waals surface area contributed by atoms with Crippen molar-refractivity contribution in [3.63, 3.8) is 0 Å². The van der Waals surface area contributed by atoms with Gasteiger partial charge in [0.25, 0.3) is 5.91 Å². The second-order valence-corrected chi connectivity index (χ2v) is 6.25. The van der Waals surface area contributed by atoms with Gasteiger partial charge in [0.05, 0.1) is 18.8 Å². The van der Waals surface area contributed by atoms with E-state index in [1.54, 1.807) is 38.3 Å². The Balaban J connectivity index is 2.17. The summed E-state index contributed by atoms with van der Waals surface area (Å²) in [6.07, 6.45) is 1.99. The van der Waals surface area contributed by atoms with Crippen LogP contribution in [0.1, 0.15) is 31.7 Å². The van der Waals surface area contributed by atoms with Gasteiger partial charge in [0, 0.05) is 18.7 Å². The van der Waals surface area contributed by atoms with E-state index in [0.717, 1.165) is 12.8 Å². The van der Waals surface area contributed by atoms with Crippen LogP contribution in [0.15, 0.2) is 24.3 Å². The van der Waals surface area contributed by atoms with Crippen LogP contribution >= 0.6 is 11.6 Å². The molecule has 0 saturated carbocycles. The predicted octanol–water partition coefficient (Wildman–Crippen LogP) is 2.25. The largest absolute Gasteiger partial charge is 0.382 e. The maximum Gasteiger partial charge on any atom is 0.256 e. The van der Waals surface area contributed by atoms with Gasteiger partial charge in [0.1, 0.15) is 0 Å². The van der Waals surface area contributed by atoms with Gasteiger partial charge in [-0.3, -0.25) is 4.79 Å². The summed E-state index contributed by atoms with van der Waals surface area (Å²) in [5.74, 6) is -0.459. The lowest BCUT2D eigenvalue weighted by Crippen LogP contribution is -2.53. The van der Waals surface area contributed by atoms with E-state index < -0.39 is 11.5 Å². The molecule has 1 aliphatic heterocycles. The molecule has 1 aliphatic rings. The molecule has 1 aromatic rings. The van der Waals surface area contributed by atoms with Crippen molar-refractivity contribution in [2.24, 2.45) is 0 Å². The topological polar surface area (TPSA) is 67.8 Å². The number of benzene rings is 1. The minimum atomic E-state index is -1.63. The summed E-state index contributed by atoms with van der Waals surface area (Å²) >= 11 is 5.99. The summed E-state index contributed by atoms with van der Waals surface area (Å²) in [7, 11) is 1.58. The zero-order chi connectivity index (χ0) is 16.9. The van der Waals surface area contributed by atoms with Crippen LogP contribution in [-0.2, 0) is 19.9 Å². The van der Waals surface area contributed by atoms with Crippen molar-refractivity contribution in [2.75, 3.05) is 20.3 Å². The number of methoxy groups -OCH3 is 1. The molecule has 3 atom stereocenters. The lowest BCUT2D eigenvalue weighted by Gasteiger charge is -2.31. The van der Waals surface area contributed by atoms with Gasteiger partial charge in [-0.25, -0.2) is 0 Å². The summed E-state index contributed by atoms with van der Waals surface area (Å²) in [5, 5.41) is 14.3. The van der Waals surface area contributed by atoms with E-state index in [9.17, 15) is 9.90 Å². The van der Waals surface area contributed by atoms with Gasteiger partial charge in [-0.2, -0.15) is 0 Å². The van der Waals surface area contributed by atoms with Crippen LogP contribution in [-0.4, -0.2) is 43.5 Å². The van der Waals surface area contributed by atoms with Crippen molar-refractivity contribution in [3.8, 4) is 0 Å². The van der Waals surface area contributed by atoms with Crippen molar-refractivity contribution in [1.82, 2.24) is 5.32 Å². The number of halogens is 1. The Labute approximate surface area is 141 Å². The van der Waals surface area contributed by atoms with E-state index in [0.29, 0.717) is 23.8 Å². The number of aliphatic hydroxyl groups is 1. The standard InChI is InChI=1S/C17H24ClNO4/c1-3-17(21,12-6-4-7-13(18)10-12)16(20)19-14(11-22-2)15-8-5-9-23-15/h4,6-7,10,14-15,21H,3,5,8-9,11H2,1-2H3,(H,19,20)/t14-,15-,17+/m0/s1. The lowest BCUT2D eigenvalue weighted by molar-refractivity contribution is -0.143. The highest BCUT2D eigenvalue weighted by atomic mass is 35.5. The molecule has 1 aromatic carbocycles. The van der Waals surface area contributed by atoms with Gasteiger partial charge < -0.3 is 19.9 Å². The molecular weight excluding hydrogens is 318 g/mol. The zero-order valence-corrected chi connectivity index (χ0v) is 14.3. The third-order valence-electron chi connectivity index (χ3n) is 4.27. The van der Waals surface area contributed by atoms with Gasteiger partial charge in [-0.1, -0.05) is 30.7 Å². The molecule has 128 valence electrons. The van der Waals surface area contributed by atoms with Crippen molar-refractivity contribution in [1.29, 1.82) is 0 Å². The van der Waals surface area contributed by atoms with E-state index >= 15 is 0 Å².